The normalized spacial score (nSPS) is 11.2. The predicted molar refractivity (Wildman–Crippen MR) is 114 cm³/mol. The van der Waals surface area contributed by atoms with Gasteiger partial charge in [-0.05, 0) is 48.2 Å². The lowest BCUT2D eigenvalue weighted by Gasteiger charge is -2.10. The smallest absolute Gasteiger partial charge is 0.197 e. The molecule has 0 aliphatic heterocycles. The number of para-hydroxylation sites is 1. The lowest BCUT2D eigenvalue weighted by atomic mass is 10.0. The van der Waals surface area contributed by atoms with E-state index >= 15 is 0 Å². The molecule has 0 saturated carbocycles. The van der Waals surface area contributed by atoms with Crippen LogP contribution in [0.5, 0.6) is 0 Å². The number of fused-ring (bicyclic) bond motifs is 2. The number of rotatable bonds is 3. The van der Waals surface area contributed by atoms with Crippen LogP contribution < -0.4 is 11.1 Å². The monoisotopic (exact) mass is 384 g/mol. The van der Waals surface area contributed by atoms with Gasteiger partial charge in [-0.2, -0.15) is 0 Å². The summed E-state index contributed by atoms with van der Waals surface area (Å²) in [5, 5.41) is 5.89. The Morgan fingerprint density at radius 2 is 1.86 bits per heavy atom. The summed E-state index contributed by atoms with van der Waals surface area (Å²) in [4.78, 5) is 8.41. The minimum atomic E-state index is -0.554. The van der Waals surface area contributed by atoms with Gasteiger partial charge in [0.15, 0.2) is 23.2 Å². The van der Waals surface area contributed by atoms with E-state index in [1.54, 1.807) is 0 Å². The Hall–Kier alpha value is -3.93. The molecule has 0 amide bonds. The molecule has 3 aromatic carbocycles. The minimum absolute atomic E-state index is 0.0699. The SMILES string of the molecule is Cc1cc(N)c2cc(Nc3nc(-c4cc5ccccc5o4)ncc3F)ccc2c1. The third kappa shape index (κ3) is 3.14. The first-order chi connectivity index (χ1) is 14.1. The van der Waals surface area contributed by atoms with Crippen molar-refractivity contribution in [2.24, 2.45) is 0 Å². The third-order valence-electron chi connectivity index (χ3n) is 4.78. The average molecular weight is 384 g/mol. The molecule has 2 heterocycles. The zero-order valence-corrected chi connectivity index (χ0v) is 15.6. The van der Waals surface area contributed by atoms with Crippen LogP contribution in [0.3, 0.4) is 0 Å². The zero-order chi connectivity index (χ0) is 20.0. The van der Waals surface area contributed by atoms with E-state index in [2.05, 4.69) is 21.4 Å². The van der Waals surface area contributed by atoms with Gasteiger partial charge in [-0.1, -0.05) is 30.3 Å². The second-order valence-electron chi connectivity index (χ2n) is 6.95. The fourth-order valence-electron chi connectivity index (χ4n) is 3.42. The van der Waals surface area contributed by atoms with Gasteiger partial charge in [0.1, 0.15) is 5.58 Å². The number of halogens is 1. The van der Waals surface area contributed by atoms with Crippen LogP contribution in [0.2, 0.25) is 0 Å². The predicted octanol–water partition coefficient (Wildman–Crippen LogP) is 5.82. The topological polar surface area (TPSA) is 77.0 Å². The second kappa shape index (κ2) is 6.60. The molecule has 29 heavy (non-hydrogen) atoms. The van der Waals surface area contributed by atoms with E-state index in [9.17, 15) is 4.39 Å². The van der Waals surface area contributed by atoms with Crippen molar-refractivity contribution in [3.05, 3.63) is 78.2 Å². The van der Waals surface area contributed by atoms with Gasteiger partial charge in [0, 0.05) is 22.1 Å². The highest BCUT2D eigenvalue weighted by molar-refractivity contribution is 5.96. The van der Waals surface area contributed by atoms with Crippen LogP contribution >= 0.6 is 0 Å². The van der Waals surface area contributed by atoms with Crippen LogP contribution in [0, 0.1) is 12.7 Å². The Morgan fingerprint density at radius 3 is 2.72 bits per heavy atom. The van der Waals surface area contributed by atoms with Gasteiger partial charge < -0.3 is 15.5 Å². The molecule has 0 saturated heterocycles. The molecule has 0 unspecified atom stereocenters. The summed E-state index contributed by atoms with van der Waals surface area (Å²) >= 11 is 0. The molecule has 0 atom stereocenters. The summed E-state index contributed by atoms with van der Waals surface area (Å²) in [5.74, 6) is 0.302. The summed E-state index contributed by atoms with van der Waals surface area (Å²) < 4.78 is 20.2. The number of anilines is 3. The van der Waals surface area contributed by atoms with Crippen LogP contribution in [0.15, 0.2) is 71.3 Å². The molecule has 6 heteroatoms. The molecule has 5 aromatic rings. The van der Waals surface area contributed by atoms with Crippen molar-refractivity contribution in [2.75, 3.05) is 11.1 Å². The van der Waals surface area contributed by atoms with Crippen molar-refractivity contribution in [2.45, 2.75) is 6.92 Å². The van der Waals surface area contributed by atoms with Gasteiger partial charge in [0.2, 0.25) is 0 Å². The van der Waals surface area contributed by atoms with Crippen molar-refractivity contribution in [1.82, 2.24) is 9.97 Å². The highest BCUT2D eigenvalue weighted by Gasteiger charge is 2.13. The quantitative estimate of drug-likeness (QED) is 0.384. The van der Waals surface area contributed by atoms with Crippen LogP contribution in [0.25, 0.3) is 33.3 Å². The molecule has 0 aliphatic rings. The molecule has 5 nitrogen and oxygen atoms in total. The number of hydrogen-bond donors (Lipinski definition) is 2. The highest BCUT2D eigenvalue weighted by Crippen LogP contribution is 2.30. The van der Waals surface area contributed by atoms with Crippen LogP contribution in [0.4, 0.5) is 21.6 Å². The minimum Gasteiger partial charge on any atom is -0.453 e. The number of nitrogens with two attached hydrogens (primary N) is 1. The average Bonchev–Trinajstić information content (AvgIpc) is 3.14. The summed E-state index contributed by atoms with van der Waals surface area (Å²) in [6.07, 6.45) is 1.14. The first-order valence-electron chi connectivity index (χ1n) is 9.15. The Bertz CT molecular complexity index is 1340. The van der Waals surface area contributed by atoms with Crippen molar-refractivity contribution in [3.63, 3.8) is 0 Å². The van der Waals surface area contributed by atoms with E-state index in [0.29, 0.717) is 23.0 Å². The van der Waals surface area contributed by atoms with E-state index < -0.39 is 5.82 Å². The van der Waals surface area contributed by atoms with E-state index in [1.807, 2.05) is 61.5 Å². The van der Waals surface area contributed by atoms with Gasteiger partial charge in [0.25, 0.3) is 0 Å². The first-order valence-corrected chi connectivity index (χ1v) is 9.15. The Labute approximate surface area is 166 Å². The van der Waals surface area contributed by atoms with Crippen LogP contribution in [0.1, 0.15) is 5.56 Å². The van der Waals surface area contributed by atoms with Gasteiger partial charge in [-0.15, -0.1) is 0 Å². The van der Waals surface area contributed by atoms with E-state index in [0.717, 1.165) is 33.5 Å². The molecule has 0 fully saturated rings. The summed E-state index contributed by atoms with van der Waals surface area (Å²) in [5.41, 5.74) is 9.32. The van der Waals surface area contributed by atoms with Crippen molar-refractivity contribution < 1.29 is 8.81 Å². The van der Waals surface area contributed by atoms with E-state index in [1.165, 1.54) is 0 Å². The Morgan fingerprint density at radius 1 is 1.00 bits per heavy atom. The van der Waals surface area contributed by atoms with Gasteiger partial charge >= 0.3 is 0 Å². The molecule has 0 spiro atoms. The third-order valence-corrected chi connectivity index (χ3v) is 4.78. The second-order valence-corrected chi connectivity index (χ2v) is 6.95. The number of nitrogen functional groups attached to an aromatic ring is 1. The van der Waals surface area contributed by atoms with E-state index in [4.69, 9.17) is 10.2 Å². The molecule has 5 rings (SSSR count). The summed E-state index contributed by atoms with van der Waals surface area (Å²) in [6, 6.07) is 19.1. The Balaban J connectivity index is 1.53. The highest BCUT2D eigenvalue weighted by atomic mass is 19.1. The molecular weight excluding hydrogens is 367 g/mol. The van der Waals surface area contributed by atoms with Crippen molar-refractivity contribution >= 4 is 38.9 Å². The lowest BCUT2D eigenvalue weighted by Crippen LogP contribution is -2.00. The summed E-state index contributed by atoms with van der Waals surface area (Å²) in [7, 11) is 0. The molecule has 3 N–H and O–H groups in total. The maximum atomic E-state index is 14.4. The van der Waals surface area contributed by atoms with Gasteiger partial charge in [-0.3, -0.25) is 0 Å². The fourth-order valence-corrected chi connectivity index (χ4v) is 3.42. The maximum Gasteiger partial charge on any atom is 0.197 e. The molecule has 0 aliphatic carbocycles. The molecular formula is C23H17FN4O. The standard InChI is InChI=1S/C23H17FN4O/c1-13-8-14-6-7-16(11-17(14)19(25)9-13)27-22-18(24)12-26-23(28-22)21-10-15-4-2-3-5-20(15)29-21/h2-12H,25H2,1H3,(H,26,27,28). The van der Waals surface area contributed by atoms with Gasteiger partial charge in [0.05, 0.1) is 6.20 Å². The van der Waals surface area contributed by atoms with Crippen molar-refractivity contribution in [1.29, 1.82) is 0 Å². The maximum absolute atomic E-state index is 14.4. The number of hydrogen-bond acceptors (Lipinski definition) is 5. The lowest BCUT2D eigenvalue weighted by molar-refractivity contribution is 0.608. The fraction of sp³-hybridized carbons (Fsp3) is 0.0435. The molecule has 0 radical (unpaired) electrons. The van der Waals surface area contributed by atoms with Crippen LogP contribution in [-0.2, 0) is 0 Å². The molecule has 0 bridgehead atoms. The van der Waals surface area contributed by atoms with Crippen molar-refractivity contribution in [3.8, 4) is 11.6 Å². The van der Waals surface area contributed by atoms with Crippen LogP contribution in [-0.4, -0.2) is 9.97 Å². The number of nitrogens with one attached hydrogen (secondary N) is 1. The van der Waals surface area contributed by atoms with Gasteiger partial charge in [-0.25, -0.2) is 14.4 Å². The number of aryl methyl sites for hydroxylation is 1. The number of benzene rings is 3. The molecule has 142 valence electrons. The number of furan rings is 1. The molecule has 2 aromatic heterocycles. The van der Waals surface area contributed by atoms with E-state index in [-0.39, 0.29) is 5.82 Å². The first kappa shape index (κ1) is 17.2. The number of aromatic nitrogens is 2. The summed E-state index contributed by atoms with van der Waals surface area (Å²) in [6.45, 7) is 2.00. The Kier molecular flexibility index (Phi) is 3.91. The zero-order valence-electron chi connectivity index (χ0n) is 15.6. The largest absolute Gasteiger partial charge is 0.453 e. The number of nitrogens with zero attached hydrogens (tertiary/aromatic N) is 2.